The molecule has 2 aromatic carbocycles. The van der Waals surface area contributed by atoms with Crippen LogP contribution in [0.15, 0.2) is 66.7 Å². The Morgan fingerprint density at radius 2 is 1.67 bits per heavy atom. The molecule has 0 aliphatic carbocycles. The van der Waals surface area contributed by atoms with Gasteiger partial charge in [0.2, 0.25) is 6.29 Å². The molecule has 0 saturated carbocycles. The van der Waals surface area contributed by atoms with E-state index >= 15 is 0 Å². The fourth-order valence-corrected chi connectivity index (χ4v) is 2.00. The van der Waals surface area contributed by atoms with Gasteiger partial charge >= 0.3 is 0 Å². The van der Waals surface area contributed by atoms with E-state index < -0.39 is 6.29 Å². The van der Waals surface area contributed by atoms with Crippen LogP contribution in [0.4, 0.5) is 0 Å². The third-order valence-corrected chi connectivity index (χ3v) is 3.61. The maximum Gasteiger partial charge on any atom is 0.221 e. The van der Waals surface area contributed by atoms with E-state index in [1.54, 1.807) is 36.4 Å². The molecule has 1 N–H and O–H groups in total. The lowest BCUT2D eigenvalue weighted by Gasteiger charge is -2.17. The molecule has 0 aromatic heterocycles. The number of benzene rings is 2. The lowest BCUT2D eigenvalue weighted by Crippen LogP contribution is -2.25. The predicted molar refractivity (Wildman–Crippen MR) is 93.2 cm³/mol. The minimum Gasteiger partial charge on any atom is -0.463 e. The van der Waals surface area contributed by atoms with Crippen molar-refractivity contribution in [2.45, 2.75) is 26.2 Å². The first-order valence-electron chi connectivity index (χ1n) is 7.79. The second kappa shape index (κ2) is 8.43. The minimum atomic E-state index is -1.08. The average molecular weight is 326 g/mol. The quantitative estimate of drug-likeness (QED) is 0.457. The monoisotopic (exact) mass is 326 g/mol. The second-order valence-electron chi connectivity index (χ2n) is 5.61. The van der Waals surface area contributed by atoms with Crippen molar-refractivity contribution in [3.05, 3.63) is 77.9 Å². The molecular formula is C20H22O4. The van der Waals surface area contributed by atoms with Crippen LogP contribution < -0.4 is 4.74 Å². The smallest absolute Gasteiger partial charge is 0.221 e. The van der Waals surface area contributed by atoms with Gasteiger partial charge in [-0.3, -0.25) is 4.79 Å². The molecule has 0 bridgehead atoms. The topological polar surface area (TPSA) is 55.8 Å². The predicted octanol–water partition coefficient (Wildman–Crippen LogP) is 3.60. The molecule has 2 rings (SSSR count). The van der Waals surface area contributed by atoms with E-state index in [9.17, 15) is 9.90 Å². The summed E-state index contributed by atoms with van der Waals surface area (Å²) in [5, 5.41) is 9.85. The molecule has 0 aliphatic heterocycles. The third kappa shape index (κ3) is 5.05. The number of hydrogen-bond donors (Lipinski definition) is 1. The highest BCUT2D eigenvalue weighted by Gasteiger charge is 2.12. The summed E-state index contributed by atoms with van der Waals surface area (Å²) in [5.74, 6) is 0.417. The van der Waals surface area contributed by atoms with Gasteiger partial charge in [-0.1, -0.05) is 42.5 Å². The van der Waals surface area contributed by atoms with Crippen LogP contribution in [0, 0.1) is 0 Å². The summed E-state index contributed by atoms with van der Waals surface area (Å²) < 4.78 is 10.8. The van der Waals surface area contributed by atoms with Crippen molar-refractivity contribution >= 4 is 5.78 Å². The van der Waals surface area contributed by atoms with Crippen LogP contribution in [0.25, 0.3) is 0 Å². The van der Waals surface area contributed by atoms with Crippen molar-refractivity contribution in [3.63, 3.8) is 0 Å². The maximum absolute atomic E-state index is 12.3. The highest BCUT2D eigenvalue weighted by Crippen LogP contribution is 2.16. The number of ketones is 1. The molecule has 126 valence electrons. The number of carbonyl (C=O) groups is 1. The fraction of sp³-hybridized carbons (Fsp3) is 0.250. The highest BCUT2D eigenvalue weighted by atomic mass is 16.6. The van der Waals surface area contributed by atoms with Gasteiger partial charge in [-0.2, -0.15) is 0 Å². The number of aliphatic hydroxyl groups is 1. The number of rotatable bonds is 8. The molecular weight excluding hydrogens is 304 g/mol. The van der Waals surface area contributed by atoms with Crippen molar-refractivity contribution < 1.29 is 19.4 Å². The molecule has 0 heterocycles. The standard InChI is InChI=1S/C20H22O4/c1-14(2)15(3)23-13-19(21)24-18-11-9-17(10-12-18)20(22)16-7-5-4-6-8-16/h4-12,15,19,21H,1,13H2,2-3H3. The van der Waals surface area contributed by atoms with Crippen LogP contribution in [0.3, 0.4) is 0 Å². The fourth-order valence-electron chi connectivity index (χ4n) is 2.00. The Kier molecular flexibility index (Phi) is 6.29. The molecule has 0 aliphatic rings. The van der Waals surface area contributed by atoms with Gasteiger partial charge in [-0.25, -0.2) is 0 Å². The average Bonchev–Trinajstić information content (AvgIpc) is 2.60. The van der Waals surface area contributed by atoms with Gasteiger partial charge in [0.25, 0.3) is 0 Å². The van der Waals surface area contributed by atoms with E-state index in [4.69, 9.17) is 9.47 Å². The van der Waals surface area contributed by atoms with Crippen LogP contribution >= 0.6 is 0 Å². The number of hydrogen-bond acceptors (Lipinski definition) is 4. The van der Waals surface area contributed by atoms with Crippen molar-refractivity contribution in [1.29, 1.82) is 0 Å². The lowest BCUT2D eigenvalue weighted by atomic mass is 10.0. The SMILES string of the molecule is C=C(C)C(C)OCC(O)Oc1ccc(C(=O)c2ccccc2)cc1. The Bertz CT molecular complexity index is 677. The Balaban J connectivity index is 1.92. The van der Waals surface area contributed by atoms with Crippen molar-refractivity contribution in [3.8, 4) is 5.75 Å². The van der Waals surface area contributed by atoms with Crippen LogP contribution in [0.1, 0.15) is 29.8 Å². The van der Waals surface area contributed by atoms with E-state index in [2.05, 4.69) is 6.58 Å². The zero-order valence-corrected chi connectivity index (χ0v) is 13.9. The Labute approximate surface area is 142 Å². The molecule has 4 nitrogen and oxygen atoms in total. The molecule has 24 heavy (non-hydrogen) atoms. The first-order valence-corrected chi connectivity index (χ1v) is 7.79. The zero-order chi connectivity index (χ0) is 17.5. The van der Waals surface area contributed by atoms with Gasteiger partial charge in [-0.05, 0) is 38.1 Å². The van der Waals surface area contributed by atoms with Crippen LogP contribution in [-0.4, -0.2) is 29.9 Å². The van der Waals surface area contributed by atoms with Gasteiger partial charge in [0.05, 0.1) is 6.10 Å². The first-order chi connectivity index (χ1) is 11.5. The van der Waals surface area contributed by atoms with E-state index in [-0.39, 0.29) is 18.5 Å². The summed E-state index contributed by atoms with van der Waals surface area (Å²) in [6.07, 6.45) is -1.23. The zero-order valence-electron chi connectivity index (χ0n) is 13.9. The summed E-state index contributed by atoms with van der Waals surface area (Å²) in [5.41, 5.74) is 2.08. The molecule has 2 unspecified atom stereocenters. The van der Waals surface area contributed by atoms with Gasteiger partial charge in [0.1, 0.15) is 12.4 Å². The summed E-state index contributed by atoms with van der Waals surface area (Å²) in [6.45, 7) is 7.55. The molecule has 0 fully saturated rings. The number of carbonyl (C=O) groups excluding carboxylic acids is 1. The number of ether oxygens (including phenoxy) is 2. The highest BCUT2D eigenvalue weighted by molar-refractivity contribution is 6.08. The summed E-state index contributed by atoms with van der Waals surface area (Å²) in [7, 11) is 0. The lowest BCUT2D eigenvalue weighted by molar-refractivity contribution is -0.0873. The van der Waals surface area contributed by atoms with Crippen molar-refractivity contribution in [2.75, 3.05) is 6.61 Å². The molecule has 0 spiro atoms. The van der Waals surface area contributed by atoms with Gasteiger partial charge in [0.15, 0.2) is 5.78 Å². The summed E-state index contributed by atoms with van der Waals surface area (Å²) >= 11 is 0. The van der Waals surface area contributed by atoms with Crippen molar-refractivity contribution in [2.24, 2.45) is 0 Å². The van der Waals surface area contributed by atoms with E-state index in [1.807, 2.05) is 32.0 Å². The molecule has 2 aromatic rings. The van der Waals surface area contributed by atoms with Gasteiger partial charge in [0, 0.05) is 11.1 Å². The normalized spacial score (nSPS) is 13.1. The van der Waals surface area contributed by atoms with Gasteiger partial charge < -0.3 is 14.6 Å². The summed E-state index contributed by atoms with van der Waals surface area (Å²) in [6, 6.07) is 15.7. The van der Waals surface area contributed by atoms with E-state index in [1.165, 1.54) is 0 Å². The van der Waals surface area contributed by atoms with Crippen LogP contribution in [-0.2, 0) is 4.74 Å². The molecule has 0 saturated heterocycles. The number of aliphatic hydroxyl groups excluding tert-OH is 1. The van der Waals surface area contributed by atoms with E-state index in [0.29, 0.717) is 16.9 Å². The second-order valence-corrected chi connectivity index (χ2v) is 5.61. The molecule has 0 amide bonds. The Morgan fingerprint density at radius 3 is 2.25 bits per heavy atom. The molecule has 2 atom stereocenters. The molecule has 4 heteroatoms. The summed E-state index contributed by atoms with van der Waals surface area (Å²) in [4.78, 5) is 12.3. The van der Waals surface area contributed by atoms with Crippen molar-refractivity contribution in [1.82, 2.24) is 0 Å². The van der Waals surface area contributed by atoms with Gasteiger partial charge in [-0.15, -0.1) is 0 Å². The maximum atomic E-state index is 12.3. The first kappa shape index (κ1) is 17.9. The molecule has 0 radical (unpaired) electrons. The third-order valence-electron chi connectivity index (χ3n) is 3.61. The largest absolute Gasteiger partial charge is 0.463 e. The van der Waals surface area contributed by atoms with Crippen LogP contribution in [0.5, 0.6) is 5.75 Å². The van der Waals surface area contributed by atoms with Crippen LogP contribution in [0.2, 0.25) is 0 Å². The minimum absolute atomic E-state index is 0.0404. The Hall–Kier alpha value is -2.43. The van der Waals surface area contributed by atoms with E-state index in [0.717, 1.165) is 5.57 Å². The Morgan fingerprint density at radius 1 is 1.08 bits per heavy atom.